The predicted octanol–water partition coefficient (Wildman–Crippen LogP) is 0.00800. The van der Waals surface area contributed by atoms with E-state index < -0.39 is 6.72 Å². The third-order valence-corrected chi connectivity index (χ3v) is 1.62. The van der Waals surface area contributed by atoms with Crippen LogP contribution in [0.2, 0.25) is 0 Å². The van der Waals surface area contributed by atoms with Crippen molar-refractivity contribution in [3.05, 3.63) is 30.3 Å². The van der Waals surface area contributed by atoms with Gasteiger partial charge in [-0.1, -0.05) is 30.0 Å². The molecule has 0 saturated carbocycles. The minimum Gasteiger partial charge on any atom is -0.803 e. The number of hydrogen-bond donors (Lipinski definition) is 0. The van der Waals surface area contributed by atoms with E-state index in [9.17, 15) is 9.79 Å². The zero-order chi connectivity index (χ0) is 8.32. The van der Waals surface area contributed by atoms with Crippen molar-refractivity contribution in [1.29, 1.82) is 0 Å². The number of benzene rings is 1. The summed E-state index contributed by atoms with van der Waals surface area (Å²) in [5.41, 5.74) is 0. The van der Waals surface area contributed by atoms with Crippen molar-refractivity contribution in [3.8, 4) is 5.75 Å². The van der Waals surface area contributed by atoms with Gasteiger partial charge in [0.05, 0.1) is 0 Å². The zero-order valence-electron chi connectivity index (χ0n) is 6.17. The van der Waals surface area contributed by atoms with Crippen LogP contribution >= 0.6 is 6.72 Å². The van der Waals surface area contributed by atoms with E-state index in [1.54, 1.807) is 18.2 Å². The summed E-state index contributed by atoms with van der Waals surface area (Å²) in [4.78, 5) is 20.8. The Hall–Kier alpha value is 0.213. The summed E-state index contributed by atoms with van der Waals surface area (Å²) in [5.74, 6) is 0.251. The molecule has 0 heterocycles. The Morgan fingerprint density at radius 3 is 2.08 bits per heavy atom. The summed E-state index contributed by atoms with van der Waals surface area (Å²) >= 11 is 4.04. The smallest absolute Gasteiger partial charge is 0.803 e. The molecule has 0 aromatic heterocycles. The van der Waals surface area contributed by atoms with E-state index in [0.717, 1.165) is 0 Å². The van der Waals surface area contributed by atoms with Crippen molar-refractivity contribution in [3.63, 3.8) is 0 Å². The second kappa shape index (κ2) is 5.05. The number of rotatable bonds is 2. The van der Waals surface area contributed by atoms with Gasteiger partial charge in [0.2, 0.25) is 0 Å². The normalized spacial score (nSPS) is 10.2. The molecule has 0 atom stereocenters. The maximum Gasteiger partial charge on any atom is 2.00 e. The van der Waals surface area contributed by atoms with Gasteiger partial charge in [-0.2, -0.15) is 0 Å². The largest absolute Gasteiger partial charge is 2.00 e. The summed E-state index contributed by atoms with van der Waals surface area (Å²) < 4.78 is 4.42. The molecular weight excluding hydrogens is 248 g/mol. The summed E-state index contributed by atoms with van der Waals surface area (Å²) in [6, 6.07) is 8.14. The maximum absolute atomic E-state index is 10.4. The van der Waals surface area contributed by atoms with Crippen LogP contribution in [0.5, 0.6) is 5.75 Å². The molecular formula is C6H5O3PSZn. The molecule has 60 valence electrons. The van der Waals surface area contributed by atoms with Gasteiger partial charge >= 0.3 is 19.5 Å². The summed E-state index contributed by atoms with van der Waals surface area (Å²) in [6.45, 7) is -4.05. The van der Waals surface area contributed by atoms with Gasteiger partial charge < -0.3 is 14.3 Å². The molecule has 0 unspecified atom stereocenters. The average molecular weight is 254 g/mol. The van der Waals surface area contributed by atoms with Gasteiger partial charge in [0, 0.05) is 0 Å². The van der Waals surface area contributed by atoms with Crippen LogP contribution in [0.3, 0.4) is 0 Å². The van der Waals surface area contributed by atoms with Gasteiger partial charge in [-0.15, -0.1) is 0 Å². The first kappa shape index (κ1) is 12.2. The van der Waals surface area contributed by atoms with Gasteiger partial charge in [-0.05, 0) is 18.9 Å². The van der Waals surface area contributed by atoms with Crippen molar-refractivity contribution >= 4 is 18.5 Å². The van der Waals surface area contributed by atoms with E-state index in [1.807, 2.05) is 0 Å². The molecule has 12 heavy (non-hydrogen) atoms. The minimum atomic E-state index is -4.05. The molecule has 0 N–H and O–H groups in total. The zero-order valence-corrected chi connectivity index (χ0v) is 10.9. The molecule has 0 aliphatic heterocycles. The maximum atomic E-state index is 10.4. The third kappa shape index (κ3) is 4.97. The van der Waals surface area contributed by atoms with Crippen LogP contribution in [-0.4, -0.2) is 0 Å². The molecule has 0 spiro atoms. The molecule has 0 aliphatic rings. The molecule has 1 aromatic carbocycles. The van der Waals surface area contributed by atoms with Gasteiger partial charge in [-0.3, -0.25) is 0 Å². The van der Waals surface area contributed by atoms with Crippen molar-refractivity contribution < 1.29 is 33.8 Å². The first-order valence-electron chi connectivity index (χ1n) is 2.85. The van der Waals surface area contributed by atoms with Crippen LogP contribution in [0.1, 0.15) is 0 Å². The van der Waals surface area contributed by atoms with E-state index in [1.165, 1.54) is 12.1 Å². The topological polar surface area (TPSA) is 55.3 Å². The summed E-state index contributed by atoms with van der Waals surface area (Å²) in [7, 11) is 0. The second-order valence-corrected chi connectivity index (χ2v) is 4.27. The summed E-state index contributed by atoms with van der Waals surface area (Å²) in [6.07, 6.45) is 0. The Bertz CT molecular complexity index is 273. The van der Waals surface area contributed by atoms with Gasteiger partial charge in [-0.25, -0.2) is 0 Å². The fraction of sp³-hybridized carbons (Fsp3) is 0. The fourth-order valence-electron chi connectivity index (χ4n) is 0.610. The minimum absolute atomic E-state index is 0. The second-order valence-electron chi connectivity index (χ2n) is 1.85. The van der Waals surface area contributed by atoms with E-state index in [0.29, 0.717) is 0 Å². The number of hydrogen-bond acceptors (Lipinski definition) is 4. The van der Waals surface area contributed by atoms with Crippen molar-refractivity contribution in [2.75, 3.05) is 0 Å². The molecule has 1 aromatic rings. The fourth-order valence-corrected chi connectivity index (χ4v) is 1.25. The number of para-hydroxylation sites is 1. The Balaban J connectivity index is 0.00000121. The van der Waals surface area contributed by atoms with Crippen LogP contribution in [0, 0.1) is 0 Å². The van der Waals surface area contributed by atoms with Crippen LogP contribution in [0.15, 0.2) is 30.3 Å². The van der Waals surface area contributed by atoms with E-state index >= 15 is 0 Å². The molecule has 0 aliphatic carbocycles. The van der Waals surface area contributed by atoms with Crippen molar-refractivity contribution in [2.24, 2.45) is 0 Å². The van der Waals surface area contributed by atoms with E-state index in [2.05, 4.69) is 16.3 Å². The van der Waals surface area contributed by atoms with Crippen LogP contribution in [-0.2, 0) is 31.3 Å². The average Bonchev–Trinajstić information content (AvgIpc) is 1.85. The molecule has 0 radical (unpaired) electrons. The summed E-state index contributed by atoms with van der Waals surface area (Å²) in [5, 5.41) is 0. The van der Waals surface area contributed by atoms with Crippen LogP contribution in [0.25, 0.3) is 0 Å². The molecule has 0 fully saturated rings. The molecule has 3 nitrogen and oxygen atoms in total. The molecule has 0 saturated heterocycles. The third-order valence-electron chi connectivity index (χ3n) is 0.960. The SMILES string of the molecule is [O-]P([O-])(=S)Oc1ccccc1.[Zn+2]. The monoisotopic (exact) mass is 252 g/mol. The molecule has 1 rings (SSSR count). The van der Waals surface area contributed by atoms with Crippen molar-refractivity contribution in [2.45, 2.75) is 0 Å². The van der Waals surface area contributed by atoms with E-state index in [-0.39, 0.29) is 25.2 Å². The standard InChI is InChI=1S/C6H7O3PS.Zn/c7-10(8,11)9-6-4-2-1-3-5-6;/h1-5H,(H2,7,8,11);/q;+2/p-2. The first-order chi connectivity index (χ1) is 5.08. The van der Waals surface area contributed by atoms with E-state index in [4.69, 9.17) is 0 Å². The van der Waals surface area contributed by atoms with Gasteiger partial charge in [0.1, 0.15) is 5.75 Å². The Labute approximate surface area is 88.4 Å². The molecule has 0 amide bonds. The van der Waals surface area contributed by atoms with Crippen molar-refractivity contribution in [1.82, 2.24) is 0 Å². The predicted molar refractivity (Wildman–Crippen MR) is 41.4 cm³/mol. The Morgan fingerprint density at radius 1 is 1.17 bits per heavy atom. The Kier molecular flexibility index (Phi) is 5.14. The van der Waals surface area contributed by atoms with Crippen LogP contribution in [0.4, 0.5) is 0 Å². The van der Waals surface area contributed by atoms with Gasteiger partial charge in [0.15, 0.2) is 0 Å². The Morgan fingerprint density at radius 2 is 1.67 bits per heavy atom. The van der Waals surface area contributed by atoms with Gasteiger partial charge in [0.25, 0.3) is 0 Å². The quantitative estimate of drug-likeness (QED) is 0.550. The first-order valence-corrected chi connectivity index (χ1v) is 5.40. The van der Waals surface area contributed by atoms with Crippen LogP contribution < -0.4 is 14.3 Å². The molecule has 0 bridgehead atoms. The molecule has 6 heteroatoms.